The molecule has 2 aromatic rings. The molecule has 0 saturated carbocycles. The number of hydrogen-bond acceptors (Lipinski definition) is 4. The van der Waals surface area contributed by atoms with E-state index in [1.54, 1.807) is 23.6 Å². The third-order valence-corrected chi connectivity index (χ3v) is 2.49. The third kappa shape index (κ3) is 2.35. The molecule has 0 fully saturated rings. The molecule has 4 heteroatoms. The van der Waals surface area contributed by atoms with E-state index >= 15 is 0 Å². The fourth-order valence-electron chi connectivity index (χ4n) is 1.06. The zero-order valence-corrected chi connectivity index (χ0v) is 8.53. The maximum Gasteiger partial charge on any atom is 0.344 e. The van der Waals surface area contributed by atoms with Crippen LogP contribution in [0.1, 0.15) is 10.4 Å². The van der Waals surface area contributed by atoms with E-state index in [0.29, 0.717) is 11.3 Å². The van der Waals surface area contributed by atoms with Crippen molar-refractivity contribution < 1.29 is 14.6 Å². The Bertz CT molecular complexity index is 445. The highest BCUT2D eigenvalue weighted by Crippen LogP contribution is 2.17. The van der Waals surface area contributed by atoms with Crippen LogP contribution in [0.2, 0.25) is 0 Å². The van der Waals surface area contributed by atoms with Gasteiger partial charge in [0.05, 0.1) is 5.56 Å². The Hall–Kier alpha value is -1.81. The molecule has 2 rings (SSSR count). The van der Waals surface area contributed by atoms with Gasteiger partial charge in [-0.05, 0) is 35.7 Å². The van der Waals surface area contributed by atoms with Gasteiger partial charge in [0.1, 0.15) is 11.5 Å². The summed E-state index contributed by atoms with van der Waals surface area (Å²) in [6, 6.07) is 7.72. The maximum atomic E-state index is 11.5. The standard InChI is InChI=1S/C11H8O3S/c12-9-1-3-10(4-2-9)14-11(13)8-5-6-15-7-8/h1-7,12H. The molecule has 0 amide bonds. The van der Waals surface area contributed by atoms with Crippen molar-refractivity contribution in [2.24, 2.45) is 0 Å². The van der Waals surface area contributed by atoms with Crippen molar-refractivity contribution in [3.8, 4) is 11.5 Å². The smallest absolute Gasteiger partial charge is 0.344 e. The van der Waals surface area contributed by atoms with Crippen LogP contribution >= 0.6 is 11.3 Å². The van der Waals surface area contributed by atoms with Crippen LogP contribution in [0.3, 0.4) is 0 Å². The van der Waals surface area contributed by atoms with Gasteiger partial charge in [-0.15, -0.1) is 0 Å². The molecule has 0 atom stereocenters. The van der Waals surface area contributed by atoms with Crippen molar-refractivity contribution in [2.75, 3.05) is 0 Å². The Labute approximate surface area is 90.6 Å². The highest BCUT2D eigenvalue weighted by molar-refractivity contribution is 7.08. The molecule has 1 N–H and O–H groups in total. The average Bonchev–Trinajstić information content (AvgIpc) is 2.74. The van der Waals surface area contributed by atoms with Crippen molar-refractivity contribution in [1.82, 2.24) is 0 Å². The van der Waals surface area contributed by atoms with Gasteiger partial charge in [0, 0.05) is 5.38 Å². The van der Waals surface area contributed by atoms with E-state index in [2.05, 4.69) is 0 Å². The second-order valence-corrected chi connectivity index (χ2v) is 3.68. The number of phenols is 1. The molecule has 0 radical (unpaired) electrons. The highest BCUT2D eigenvalue weighted by atomic mass is 32.1. The number of thiophene rings is 1. The van der Waals surface area contributed by atoms with Gasteiger partial charge in [-0.1, -0.05) is 0 Å². The minimum absolute atomic E-state index is 0.144. The fourth-order valence-corrected chi connectivity index (χ4v) is 1.69. The average molecular weight is 220 g/mol. The second kappa shape index (κ2) is 4.14. The first-order valence-corrected chi connectivity index (χ1v) is 5.23. The molecular weight excluding hydrogens is 212 g/mol. The number of benzene rings is 1. The molecule has 0 spiro atoms. The summed E-state index contributed by atoms with van der Waals surface area (Å²) >= 11 is 1.44. The van der Waals surface area contributed by atoms with Gasteiger partial charge in [-0.3, -0.25) is 0 Å². The lowest BCUT2D eigenvalue weighted by atomic mass is 10.3. The second-order valence-electron chi connectivity index (χ2n) is 2.90. The van der Waals surface area contributed by atoms with Gasteiger partial charge in [0.25, 0.3) is 0 Å². The predicted molar refractivity (Wildman–Crippen MR) is 57.4 cm³/mol. The summed E-state index contributed by atoms with van der Waals surface area (Å²) in [5.74, 6) is 0.177. The van der Waals surface area contributed by atoms with Gasteiger partial charge in [0.15, 0.2) is 0 Å². The summed E-state index contributed by atoms with van der Waals surface area (Å²) in [5.41, 5.74) is 0.535. The van der Waals surface area contributed by atoms with Crippen LogP contribution < -0.4 is 4.74 Å². The lowest BCUT2D eigenvalue weighted by Gasteiger charge is -2.02. The first kappa shape index (κ1) is 9.73. The molecule has 15 heavy (non-hydrogen) atoms. The number of phenolic OH excluding ortho intramolecular Hbond substituents is 1. The van der Waals surface area contributed by atoms with E-state index < -0.39 is 0 Å². The Morgan fingerprint density at radius 1 is 1.20 bits per heavy atom. The monoisotopic (exact) mass is 220 g/mol. The van der Waals surface area contributed by atoms with Crippen LogP contribution in [0.15, 0.2) is 41.1 Å². The van der Waals surface area contributed by atoms with Gasteiger partial charge < -0.3 is 9.84 Å². The number of carbonyl (C=O) groups excluding carboxylic acids is 1. The summed E-state index contributed by atoms with van der Waals surface area (Å²) in [6.45, 7) is 0. The van der Waals surface area contributed by atoms with Crippen molar-refractivity contribution in [3.05, 3.63) is 46.7 Å². The van der Waals surface area contributed by atoms with Crippen molar-refractivity contribution in [3.63, 3.8) is 0 Å². The van der Waals surface area contributed by atoms with E-state index in [1.807, 2.05) is 5.38 Å². The van der Waals surface area contributed by atoms with E-state index in [9.17, 15) is 4.79 Å². The number of rotatable bonds is 2. The van der Waals surface area contributed by atoms with E-state index in [0.717, 1.165) is 0 Å². The highest BCUT2D eigenvalue weighted by Gasteiger charge is 2.08. The Morgan fingerprint density at radius 3 is 2.53 bits per heavy atom. The normalized spacial score (nSPS) is 9.87. The lowest BCUT2D eigenvalue weighted by Crippen LogP contribution is -2.06. The summed E-state index contributed by atoms with van der Waals surface area (Å²) in [5, 5.41) is 12.6. The van der Waals surface area contributed by atoms with Crippen LogP contribution in [0.4, 0.5) is 0 Å². The molecular formula is C11H8O3S. The lowest BCUT2D eigenvalue weighted by molar-refractivity contribution is 0.0735. The molecule has 0 aliphatic heterocycles. The number of aromatic hydroxyl groups is 1. The van der Waals surface area contributed by atoms with Crippen LogP contribution in [0.5, 0.6) is 11.5 Å². The molecule has 3 nitrogen and oxygen atoms in total. The third-order valence-electron chi connectivity index (χ3n) is 1.80. The number of ether oxygens (including phenoxy) is 1. The largest absolute Gasteiger partial charge is 0.508 e. The minimum Gasteiger partial charge on any atom is -0.508 e. The Kier molecular flexibility index (Phi) is 2.69. The Balaban J connectivity index is 2.09. The first-order valence-electron chi connectivity index (χ1n) is 4.29. The maximum absolute atomic E-state index is 11.5. The molecule has 76 valence electrons. The van der Waals surface area contributed by atoms with Gasteiger partial charge in [-0.2, -0.15) is 11.3 Å². The summed E-state index contributed by atoms with van der Waals surface area (Å²) < 4.78 is 5.07. The molecule has 0 aliphatic rings. The van der Waals surface area contributed by atoms with Crippen molar-refractivity contribution in [2.45, 2.75) is 0 Å². The summed E-state index contributed by atoms with van der Waals surface area (Å²) in [4.78, 5) is 11.5. The van der Waals surface area contributed by atoms with Crippen LogP contribution in [0.25, 0.3) is 0 Å². The molecule has 0 bridgehead atoms. The SMILES string of the molecule is O=C(Oc1ccc(O)cc1)c1ccsc1. The molecule has 0 saturated heterocycles. The van der Waals surface area contributed by atoms with Crippen molar-refractivity contribution >= 4 is 17.3 Å². The zero-order valence-electron chi connectivity index (χ0n) is 7.71. The van der Waals surface area contributed by atoms with Crippen LogP contribution in [-0.4, -0.2) is 11.1 Å². The van der Waals surface area contributed by atoms with E-state index in [4.69, 9.17) is 9.84 Å². The fraction of sp³-hybridized carbons (Fsp3) is 0. The molecule has 1 aromatic carbocycles. The summed E-state index contributed by atoms with van der Waals surface area (Å²) in [6.07, 6.45) is 0. The number of hydrogen-bond donors (Lipinski definition) is 1. The number of esters is 1. The van der Waals surface area contributed by atoms with E-state index in [-0.39, 0.29) is 11.7 Å². The topological polar surface area (TPSA) is 46.5 Å². The molecule has 1 heterocycles. The summed E-state index contributed by atoms with van der Waals surface area (Å²) in [7, 11) is 0. The van der Waals surface area contributed by atoms with Gasteiger partial charge >= 0.3 is 5.97 Å². The Morgan fingerprint density at radius 2 is 1.93 bits per heavy atom. The first-order chi connectivity index (χ1) is 7.25. The van der Waals surface area contributed by atoms with Crippen molar-refractivity contribution in [1.29, 1.82) is 0 Å². The van der Waals surface area contributed by atoms with Crippen LogP contribution in [-0.2, 0) is 0 Å². The van der Waals surface area contributed by atoms with Gasteiger partial charge in [-0.25, -0.2) is 4.79 Å². The van der Waals surface area contributed by atoms with Crippen LogP contribution in [0, 0.1) is 0 Å². The molecule has 0 unspecified atom stereocenters. The quantitative estimate of drug-likeness (QED) is 0.625. The zero-order chi connectivity index (χ0) is 10.7. The predicted octanol–water partition coefficient (Wildman–Crippen LogP) is 2.67. The minimum atomic E-state index is -0.387. The molecule has 1 aromatic heterocycles. The number of carbonyl (C=O) groups is 1. The molecule has 0 aliphatic carbocycles. The van der Waals surface area contributed by atoms with Gasteiger partial charge in [0.2, 0.25) is 0 Å². The van der Waals surface area contributed by atoms with E-state index in [1.165, 1.54) is 23.5 Å².